The Morgan fingerprint density at radius 3 is 2.60 bits per heavy atom. The maximum Gasteiger partial charge on any atom is 0.323 e. The first-order chi connectivity index (χ1) is 14.6. The number of ether oxygens (including phenoxy) is 1. The number of methoxy groups -OCH3 is 1. The molecule has 5 heteroatoms. The Morgan fingerprint density at radius 2 is 1.87 bits per heavy atom. The lowest BCUT2D eigenvalue weighted by Crippen LogP contribution is -2.52. The number of benzene rings is 2. The number of halogens is 1. The summed E-state index contributed by atoms with van der Waals surface area (Å²) >= 11 is 6.90. The highest BCUT2D eigenvalue weighted by Crippen LogP contribution is 2.52. The molecule has 0 unspecified atom stereocenters. The van der Waals surface area contributed by atoms with Crippen molar-refractivity contribution in [2.75, 3.05) is 7.11 Å². The van der Waals surface area contributed by atoms with E-state index >= 15 is 0 Å². The van der Waals surface area contributed by atoms with Crippen LogP contribution in [0.3, 0.4) is 0 Å². The van der Waals surface area contributed by atoms with Gasteiger partial charge in [-0.2, -0.15) is 0 Å². The van der Waals surface area contributed by atoms with Gasteiger partial charge in [0, 0.05) is 40.5 Å². The van der Waals surface area contributed by atoms with Crippen LogP contribution in [0.25, 0.3) is 10.9 Å². The van der Waals surface area contributed by atoms with Crippen molar-refractivity contribution < 1.29 is 9.53 Å². The Balaban J connectivity index is 1.76. The largest absolute Gasteiger partial charge is 0.468 e. The lowest BCUT2D eigenvalue weighted by Gasteiger charge is -2.49. The Bertz CT molecular complexity index is 1130. The minimum atomic E-state index is -0.358. The normalized spacial score (nSPS) is 23.9. The van der Waals surface area contributed by atoms with E-state index in [1.807, 2.05) is 30.3 Å². The van der Waals surface area contributed by atoms with E-state index < -0.39 is 0 Å². The van der Waals surface area contributed by atoms with Gasteiger partial charge in [-0.25, -0.2) is 0 Å². The van der Waals surface area contributed by atoms with E-state index in [1.54, 1.807) is 0 Å². The maximum absolute atomic E-state index is 13.0. The van der Waals surface area contributed by atoms with Crippen molar-refractivity contribution in [2.24, 2.45) is 0 Å². The highest BCUT2D eigenvalue weighted by molar-refractivity contribution is 6.30. The van der Waals surface area contributed by atoms with Crippen LogP contribution in [0.15, 0.2) is 65.2 Å². The van der Waals surface area contributed by atoms with Crippen molar-refractivity contribution in [1.29, 1.82) is 0 Å². The monoisotopic (exact) mass is 420 g/mol. The van der Waals surface area contributed by atoms with Gasteiger partial charge in [0.25, 0.3) is 0 Å². The van der Waals surface area contributed by atoms with E-state index in [0.29, 0.717) is 12.8 Å². The summed E-state index contributed by atoms with van der Waals surface area (Å²) in [5.41, 5.74) is 5.81. The summed E-state index contributed by atoms with van der Waals surface area (Å²) in [6, 6.07) is 18.3. The average Bonchev–Trinajstić information content (AvgIpc) is 3.16. The minimum absolute atomic E-state index is 0.0164. The molecular formula is C25H25ClN2O2. The molecule has 0 bridgehead atoms. The Hall–Kier alpha value is -2.56. The quantitative estimate of drug-likeness (QED) is 0.556. The van der Waals surface area contributed by atoms with Gasteiger partial charge in [0.1, 0.15) is 6.04 Å². The van der Waals surface area contributed by atoms with Gasteiger partial charge in [0.2, 0.25) is 0 Å². The number of hydrogen-bond acceptors (Lipinski definition) is 3. The number of para-hydroxylation sites is 1. The third kappa shape index (κ3) is 2.90. The van der Waals surface area contributed by atoms with Crippen molar-refractivity contribution >= 4 is 28.5 Å². The number of fused-ring (bicyclic) bond motifs is 5. The summed E-state index contributed by atoms with van der Waals surface area (Å²) in [6.07, 6.45) is 2.17. The fourth-order valence-electron chi connectivity index (χ4n) is 5.30. The van der Waals surface area contributed by atoms with E-state index in [9.17, 15) is 4.79 Å². The van der Waals surface area contributed by atoms with Crippen molar-refractivity contribution in [2.45, 2.75) is 44.3 Å². The lowest BCUT2D eigenvalue weighted by molar-refractivity contribution is -0.150. The molecule has 2 aliphatic rings. The molecule has 3 atom stereocenters. The molecule has 3 aromatic rings. The summed E-state index contributed by atoms with van der Waals surface area (Å²) in [7, 11) is 1.48. The molecule has 0 fully saturated rings. The molecule has 0 saturated carbocycles. The van der Waals surface area contributed by atoms with Crippen molar-refractivity contribution in [3.05, 3.63) is 82.0 Å². The first-order valence-electron chi connectivity index (χ1n) is 10.5. The highest BCUT2D eigenvalue weighted by Gasteiger charge is 2.48. The molecule has 1 N–H and O–H groups in total. The minimum Gasteiger partial charge on any atom is -0.468 e. The summed E-state index contributed by atoms with van der Waals surface area (Å²) in [5, 5.41) is 2.08. The Morgan fingerprint density at radius 1 is 1.13 bits per heavy atom. The van der Waals surface area contributed by atoms with Crippen molar-refractivity contribution in [3.63, 3.8) is 0 Å². The van der Waals surface area contributed by atoms with Crippen molar-refractivity contribution in [3.8, 4) is 0 Å². The Labute approximate surface area is 181 Å². The predicted molar refractivity (Wildman–Crippen MR) is 119 cm³/mol. The molecule has 2 aliphatic heterocycles. The van der Waals surface area contributed by atoms with Crippen molar-refractivity contribution in [1.82, 2.24) is 9.88 Å². The van der Waals surface area contributed by atoms with E-state index in [4.69, 9.17) is 16.3 Å². The fraction of sp³-hybridized carbons (Fsp3) is 0.320. The van der Waals surface area contributed by atoms with Crippen LogP contribution in [-0.2, 0) is 16.0 Å². The van der Waals surface area contributed by atoms with Gasteiger partial charge in [-0.1, -0.05) is 67.1 Å². The van der Waals surface area contributed by atoms with Gasteiger partial charge in [-0.05, 0) is 29.2 Å². The van der Waals surface area contributed by atoms with Crippen LogP contribution in [0.4, 0.5) is 0 Å². The number of esters is 1. The summed E-state index contributed by atoms with van der Waals surface area (Å²) < 4.78 is 5.28. The van der Waals surface area contributed by atoms with E-state index in [1.165, 1.54) is 29.2 Å². The molecule has 2 aromatic carbocycles. The third-order valence-corrected chi connectivity index (χ3v) is 7.02. The molecule has 0 aliphatic carbocycles. The highest BCUT2D eigenvalue weighted by atomic mass is 35.5. The average molecular weight is 421 g/mol. The molecule has 0 amide bonds. The van der Waals surface area contributed by atoms with Gasteiger partial charge >= 0.3 is 5.97 Å². The van der Waals surface area contributed by atoms with Gasteiger partial charge in [0.15, 0.2) is 0 Å². The zero-order chi connectivity index (χ0) is 20.8. The van der Waals surface area contributed by atoms with Gasteiger partial charge in [0.05, 0.1) is 13.2 Å². The lowest BCUT2D eigenvalue weighted by atomic mass is 9.80. The van der Waals surface area contributed by atoms with Gasteiger partial charge < -0.3 is 9.72 Å². The van der Waals surface area contributed by atoms with Crippen LogP contribution in [0.5, 0.6) is 0 Å². The first kappa shape index (κ1) is 19.4. The number of carbonyl (C=O) groups excluding carboxylic acids is 1. The SMILES string of the molecule is CCC1=C(Cl)C[C@@H](c2ccccc2)N2[C@H]1c1[nH]c3ccccc3c1C[C@H]2C(=O)OC. The molecule has 0 saturated heterocycles. The van der Waals surface area contributed by atoms with Crippen LogP contribution in [-0.4, -0.2) is 29.0 Å². The third-order valence-electron chi connectivity index (χ3n) is 6.63. The number of nitrogens with one attached hydrogen (secondary N) is 1. The van der Waals surface area contributed by atoms with E-state index in [-0.39, 0.29) is 24.1 Å². The second kappa shape index (κ2) is 7.60. The molecule has 30 heavy (non-hydrogen) atoms. The second-order valence-electron chi connectivity index (χ2n) is 8.07. The van der Waals surface area contributed by atoms with Gasteiger partial charge in [-0.15, -0.1) is 0 Å². The first-order valence-corrected chi connectivity index (χ1v) is 10.9. The number of nitrogens with zero attached hydrogens (tertiary/aromatic N) is 1. The predicted octanol–water partition coefficient (Wildman–Crippen LogP) is 5.66. The number of H-pyrrole nitrogens is 1. The molecule has 154 valence electrons. The molecule has 1 aromatic heterocycles. The molecular weight excluding hydrogens is 396 g/mol. The number of hydrogen-bond donors (Lipinski definition) is 1. The van der Waals surface area contributed by atoms with Crippen LogP contribution < -0.4 is 0 Å². The molecule has 0 spiro atoms. The summed E-state index contributed by atoms with van der Waals surface area (Å²) in [6.45, 7) is 2.14. The molecule has 0 radical (unpaired) electrons. The van der Waals surface area contributed by atoms with E-state index in [2.05, 4.69) is 41.1 Å². The van der Waals surface area contributed by atoms with Gasteiger partial charge in [-0.3, -0.25) is 9.69 Å². The van der Waals surface area contributed by atoms with Crippen LogP contribution in [0, 0.1) is 0 Å². The summed E-state index contributed by atoms with van der Waals surface area (Å²) in [4.78, 5) is 19.0. The topological polar surface area (TPSA) is 45.3 Å². The number of aromatic nitrogens is 1. The Kier molecular flexibility index (Phi) is 4.92. The molecule has 5 rings (SSSR count). The number of carbonyl (C=O) groups is 1. The van der Waals surface area contributed by atoms with E-state index in [0.717, 1.165) is 22.7 Å². The second-order valence-corrected chi connectivity index (χ2v) is 8.53. The fourth-order valence-corrected chi connectivity index (χ4v) is 5.68. The smallest absolute Gasteiger partial charge is 0.323 e. The summed E-state index contributed by atoms with van der Waals surface area (Å²) in [5.74, 6) is -0.190. The molecule has 4 nitrogen and oxygen atoms in total. The van der Waals surface area contributed by atoms with Crippen LogP contribution in [0.2, 0.25) is 0 Å². The maximum atomic E-state index is 13.0. The number of rotatable bonds is 3. The van der Waals surface area contributed by atoms with Crippen LogP contribution in [0.1, 0.15) is 48.7 Å². The standard InChI is InChI=1S/C25H25ClN2O2/c1-3-16-19(26)14-21(15-9-5-4-6-10-15)28-22(25(29)30-2)13-18-17-11-7-8-12-20(17)27-23(18)24(16)28/h4-12,21-22,24,27H,3,13-14H2,1-2H3/t21-,22-,24+/m0/s1. The number of aromatic amines is 1. The molecule has 3 heterocycles. The van der Waals surface area contributed by atoms with Crippen LogP contribution >= 0.6 is 11.6 Å². The zero-order valence-corrected chi connectivity index (χ0v) is 17.9. The zero-order valence-electron chi connectivity index (χ0n) is 17.2.